The lowest BCUT2D eigenvalue weighted by molar-refractivity contribution is -0.141. The molecule has 0 radical (unpaired) electrons. The molecule has 0 unspecified atom stereocenters. The molecule has 0 amide bonds. The van der Waals surface area contributed by atoms with Gasteiger partial charge in [-0.1, -0.05) is 36.4 Å². The number of hydrogen-bond acceptors (Lipinski definition) is 4. The average Bonchev–Trinajstić information content (AvgIpc) is 3.33. The van der Waals surface area contributed by atoms with Gasteiger partial charge in [-0.3, -0.25) is 0 Å². The van der Waals surface area contributed by atoms with E-state index in [0.29, 0.717) is 21.4 Å². The molecule has 0 saturated heterocycles. The maximum absolute atomic E-state index is 13.1. The number of nitrogens with zero attached hydrogens (tertiary/aromatic N) is 3. The Morgan fingerprint density at radius 2 is 1.76 bits per heavy atom. The van der Waals surface area contributed by atoms with E-state index in [0.717, 1.165) is 11.6 Å². The molecular weight excluding hydrogens is 367 g/mol. The van der Waals surface area contributed by atoms with Crippen LogP contribution in [0.1, 0.15) is 5.69 Å². The molecule has 4 rings (SSSR count). The molecule has 4 aromatic rings. The Morgan fingerprint density at radius 3 is 2.44 bits per heavy atom. The maximum atomic E-state index is 13.1. The smallest absolute Gasteiger partial charge is 0.218 e. The first-order valence-electron chi connectivity index (χ1n) is 7.25. The van der Waals surface area contributed by atoms with Crippen LogP contribution in [-0.2, 0) is 6.18 Å². The van der Waals surface area contributed by atoms with E-state index >= 15 is 0 Å². The lowest BCUT2D eigenvalue weighted by atomic mass is 10.2. The summed E-state index contributed by atoms with van der Waals surface area (Å²) < 4.78 is 40.6. The van der Waals surface area contributed by atoms with E-state index < -0.39 is 11.9 Å². The van der Waals surface area contributed by atoms with Gasteiger partial charge in [0.2, 0.25) is 5.13 Å². The minimum atomic E-state index is -4.50. The third kappa shape index (κ3) is 3.10. The van der Waals surface area contributed by atoms with Gasteiger partial charge in [0.15, 0.2) is 5.69 Å². The number of thiazole rings is 1. The molecule has 0 N–H and O–H groups in total. The Kier molecular flexibility index (Phi) is 3.93. The lowest BCUT2D eigenvalue weighted by Crippen LogP contribution is -2.07. The Hall–Kier alpha value is -2.45. The number of thiophene rings is 1. The number of rotatable bonds is 3. The van der Waals surface area contributed by atoms with Crippen LogP contribution in [-0.4, -0.2) is 14.8 Å². The van der Waals surface area contributed by atoms with E-state index in [1.165, 1.54) is 27.4 Å². The van der Waals surface area contributed by atoms with Crippen molar-refractivity contribution < 1.29 is 13.2 Å². The van der Waals surface area contributed by atoms with Gasteiger partial charge < -0.3 is 0 Å². The third-order valence-corrected chi connectivity index (χ3v) is 5.22. The SMILES string of the molecule is FC(F)(F)c1cc(-c2cccs2)n(-c2nc(-c3ccccc3)cs2)n1. The van der Waals surface area contributed by atoms with Gasteiger partial charge in [-0.05, 0) is 17.5 Å². The largest absolute Gasteiger partial charge is 0.435 e. The molecule has 126 valence electrons. The van der Waals surface area contributed by atoms with Gasteiger partial charge in [0, 0.05) is 10.9 Å². The summed E-state index contributed by atoms with van der Waals surface area (Å²) in [6.07, 6.45) is -4.50. The zero-order valence-electron chi connectivity index (χ0n) is 12.6. The summed E-state index contributed by atoms with van der Waals surface area (Å²) in [6, 6.07) is 14.1. The van der Waals surface area contributed by atoms with E-state index in [4.69, 9.17) is 0 Å². The molecule has 0 saturated carbocycles. The molecule has 0 atom stereocenters. The Morgan fingerprint density at radius 1 is 0.960 bits per heavy atom. The van der Waals surface area contributed by atoms with Crippen LogP contribution in [0.25, 0.3) is 27.0 Å². The number of alkyl halides is 3. The van der Waals surface area contributed by atoms with Gasteiger partial charge in [0.25, 0.3) is 0 Å². The summed E-state index contributed by atoms with van der Waals surface area (Å²) in [5.41, 5.74) is 1.08. The van der Waals surface area contributed by atoms with E-state index in [-0.39, 0.29) is 0 Å². The Balaban J connectivity index is 1.82. The van der Waals surface area contributed by atoms with Crippen LogP contribution in [0.4, 0.5) is 13.2 Å². The van der Waals surface area contributed by atoms with Crippen LogP contribution in [0.5, 0.6) is 0 Å². The van der Waals surface area contributed by atoms with E-state index in [9.17, 15) is 13.2 Å². The number of halogens is 3. The van der Waals surface area contributed by atoms with Crippen molar-refractivity contribution in [2.75, 3.05) is 0 Å². The van der Waals surface area contributed by atoms with Gasteiger partial charge in [-0.15, -0.1) is 22.7 Å². The summed E-state index contributed by atoms with van der Waals surface area (Å²) in [4.78, 5) is 5.18. The summed E-state index contributed by atoms with van der Waals surface area (Å²) in [6.45, 7) is 0. The van der Waals surface area contributed by atoms with Crippen molar-refractivity contribution in [1.82, 2.24) is 14.8 Å². The molecule has 0 aliphatic rings. The van der Waals surface area contributed by atoms with Crippen molar-refractivity contribution in [2.45, 2.75) is 6.18 Å². The van der Waals surface area contributed by atoms with E-state index in [2.05, 4.69) is 10.1 Å². The lowest BCUT2D eigenvalue weighted by Gasteiger charge is -2.02. The van der Waals surface area contributed by atoms with Crippen LogP contribution in [0.15, 0.2) is 59.3 Å². The predicted octanol–water partition coefficient (Wildman–Crippen LogP) is 5.74. The normalized spacial score (nSPS) is 11.8. The summed E-state index contributed by atoms with van der Waals surface area (Å²) >= 11 is 2.62. The highest BCUT2D eigenvalue weighted by molar-refractivity contribution is 7.13. The molecule has 25 heavy (non-hydrogen) atoms. The van der Waals surface area contributed by atoms with Crippen molar-refractivity contribution in [2.24, 2.45) is 0 Å². The summed E-state index contributed by atoms with van der Waals surface area (Å²) in [7, 11) is 0. The maximum Gasteiger partial charge on any atom is 0.435 e. The summed E-state index contributed by atoms with van der Waals surface area (Å²) in [5, 5.41) is 7.80. The Bertz CT molecular complexity index is 986. The second kappa shape index (κ2) is 6.12. The highest BCUT2D eigenvalue weighted by Gasteiger charge is 2.35. The molecular formula is C17H10F3N3S2. The Labute approximate surface area is 149 Å². The zero-order chi connectivity index (χ0) is 17.4. The first kappa shape index (κ1) is 16.0. The van der Waals surface area contributed by atoms with Gasteiger partial charge in [-0.2, -0.15) is 18.3 Å². The molecule has 0 aliphatic carbocycles. The van der Waals surface area contributed by atoms with Crippen LogP contribution in [0.3, 0.4) is 0 Å². The average molecular weight is 377 g/mol. The second-order valence-corrected chi connectivity index (χ2v) is 6.97. The fourth-order valence-electron chi connectivity index (χ4n) is 2.37. The van der Waals surface area contributed by atoms with Gasteiger partial charge in [0.1, 0.15) is 0 Å². The fourth-order valence-corrected chi connectivity index (χ4v) is 3.89. The standard InChI is InChI=1S/C17H10F3N3S2/c18-17(19,20)15-9-13(14-7-4-8-24-14)23(22-15)16-21-12(10-25-16)11-5-2-1-3-6-11/h1-10H. The minimum absolute atomic E-state index is 0.385. The topological polar surface area (TPSA) is 30.7 Å². The van der Waals surface area contributed by atoms with Crippen LogP contribution in [0, 0.1) is 0 Å². The summed E-state index contributed by atoms with van der Waals surface area (Å²) in [5.74, 6) is 0. The molecule has 3 aromatic heterocycles. The number of aromatic nitrogens is 3. The monoisotopic (exact) mass is 377 g/mol. The molecule has 0 fully saturated rings. The van der Waals surface area contributed by atoms with Crippen molar-refractivity contribution >= 4 is 22.7 Å². The van der Waals surface area contributed by atoms with Gasteiger partial charge in [0.05, 0.1) is 16.3 Å². The van der Waals surface area contributed by atoms with Gasteiger partial charge >= 0.3 is 6.18 Å². The highest BCUT2D eigenvalue weighted by Crippen LogP contribution is 2.35. The quantitative estimate of drug-likeness (QED) is 0.456. The van der Waals surface area contributed by atoms with Crippen molar-refractivity contribution in [3.63, 3.8) is 0 Å². The first-order chi connectivity index (χ1) is 12.0. The molecule has 0 spiro atoms. The molecule has 0 bridgehead atoms. The van der Waals surface area contributed by atoms with E-state index in [1.54, 1.807) is 12.1 Å². The van der Waals surface area contributed by atoms with Crippen LogP contribution >= 0.6 is 22.7 Å². The van der Waals surface area contributed by atoms with Crippen LogP contribution < -0.4 is 0 Å². The van der Waals surface area contributed by atoms with Crippen molar-refractivity contribution in [3.05, 3.63) is 65.0 Å². The molecule has 8 heteroatoms. The van der Waals surface area contributed by atoms with Crippen molar-refractivity contribution in [3.8, 4) is 27.0 Å². The number of benzene rings is 1. The number of hydrogen-bond donors (Lipinski definition) is 0. The molecule has 3 nitrogen and oxygen atoms in total. The highest BCUT2D eigenvalue weighted by atomic mass is 32.1. The third-order valence-electron chi connectivity index (χ3n) is 3.52. The van der Waals surface area contributed by atoms with E-state index in [1.807, 2.05) is 41.1 Å². The molecule has 3 heterocycles. The fraction of sp³-hybridized carbons (Fsp3) is 0.0588. The molecule has 0 aliphatic heterocycles. The first-order valence-corrected chi connectivity index (χ1v) is 9.01. The molecule has 1 aromatic carbocycles. The predicted molar refractivity (Wildman–Crippen MR) is 93.0 cm³/mol. The minimum Gasteiger partial charge on any atom is -0.218 e. The second-order valence-electron chi connectivity index (χ2n) is 5.18. The zero-order valence-corrected chi connectivity index (χ0v) is 14.2. The van der Waals surface area contributed by atoms with Crippen molar-refractivity contribution in [1.29, 1.82) is 0 Å². The van der Waals surface area contributed by atoms with Crippen LogP contribution in [0.2, 0.25) is 0 Å². The van der Waals surface area contributed by atoms with Gasteiger partial charge in [-0.25, -0.2) is 9.67 Å².